The number of aliphatic hydroxyl groups excluding tert-OH is 11. The molecule has 3 heterocycles. The zero-order valence-electron chi connectivity index (χ0n) is 65.3. The number of hydrogen-bond acceptors (Lipinski definition) is 18. The summed E-state index contributed by atoms with van der Waals surface area (Å²) < 4.78 is 34.5. The number of carbonyl (C=O) groups is 1. The SMILES string of the molecule is CCCCCCCCCCCCCCCCCCCCCCC/C=C/CC/C=C/C(O)C(COC1OC(CO)C(OC2OC(CO)C(OC3OC(CO)C(O)C(O)C3O)C(O)C2O)C(O)C1O)NC(=O)CCCCCCCCCCCCCCCCCCCCCCCCCCCCCCCCC. The molecule has 3 aliphatic rings. The molecule has 608 valence electrons. The molecule has 0 aromatic heterocycles. The van der Waals surface area contributed by atoms with Crippen LogP contribution in [0.2, 0.25) is 0 Å². The smallest absolute Gasteiger partial charge is 0.220 e. The summed E-state index contributed by atoms with van der Waals surface area (Å²) in [5, 5.41) is 121. The summed E-state index contributed by atoms with van der Waals surface area (Å²) in [6, 6.07) is -0.989. The van der Waals surface area contributed by atoms with Crippen LogP contribution in [0.4, 0.5) is 0 Å². The molecule has 0 bridgehead atoms. The van der Waals surface area contributed by atoms with Crippen molar-refractivity contribution in [3.05, 3.63) is 24.3 Å². The van der Waals surface area contributed by atoms with Crippen molar-refractivity contribution in [1.82, 2.24) is 5.32 Å². The Morgan fingerprint density at radius 1 is 0.340 bits per heavy atom. The summed E-state index contributed by atoms with van der Waals surface area (Å²) in [6.45, 7) is 1.79. The topological polar surface area (TPSA) is 307 Å². The van der Waals surface area contributed by atoms with Gasteiger partial charge in [0.2, 0.25) is 5.91 Å². The largest absolute Gasteiger partial charge is 0.394 e. The third kappa shape index (κ3) is 44.6. The molecule has 3 aliphatic heterocycles. The molecule has 19 nitrogen and oxygen atoms in total. The minimum atomic E-state index is -1.98. The molecule has 17 atom stereocenters. The van der Waals surface area contributed by atoms with Crippen LogP contribution < -0.4 is 5.32 Å². The molecule has 12 N–H and O–H groups in total. The molecule has 19 heteroatoms. The summed E-state index contributed by atoms with van der Waals surface area (Å²) in [4.78, 5) is 13.5. The van der Waals surface area contributed by atoms with Crippen molar-refractivity contribution in [3.63, 3.8) is 0 Å². The summed E-state index contributed by atoms with van der Waals surface area (Å²) in [5.41, 5.74) is 0. The molecule has 3 fully saturated rings. The highest BCUT2D eigenvalue weighted by Gasteiger charge is 2.54. The van der Waals surface area contributed by atoms with E-state index < -0.39 is 124 Å². The predicted molar refractivity (Wildman–Crippen MR) is 411 cm³/mol. The summed E-state index contributed by atoms with van der Waals surface area (Å²) >= 11 is 0. The number of unbranched alkanes of at least 4 members (excludes halogenated alkanes) is 52. The lowest BCUT2D eigenvalue weighted by atomic mass is 9.96. The van der Waals surface area contributed by atoms with E-state index in [-0.39, 0.29) is 18.9 Å². The van der Waals surface area contributed by atoms with Crippen molar-refractivity contribution >= 4 is 5.91 Å². The minimum absolute atomic E-state index is 0.241. The molecule has 1 amide bonds. The number of rotatable bonds is 70. The fourth-order valence-corrected chi connectivity index (χ4v) is 14.9. The van der Waals surface area contributed by atoms with Gasteiger partial charge in [0.25, 0.3) is 0 Å². The molecule has 0 spiro atoms. The lowest BCUT2D eigenvalue weighted by Crippen LogP contribution is -2.66. The molecular weight excluding hydrogens is 1310 g/mol. The predicted octanol–water partition coefficient (Wildman–Crippen LogP) is 15.3. The fourth-order valence-electron chi connectivity index (χ4n) is 14.9. The van der Waals surface area contributed by atoms with E-state index in [1.165, 1.54) is 302 Å². The maximum Gasteiger partial charge on any atom is 0.220 e. The molecule has 3 rings (SSSR count). The van der Waals surface area contributed by atoms with Gasteiger partial charge in [-0.25, -0.2) is 0 Å². The zero-order chi connectivity index (χ0) is 74.6. The van der Waals surface area contributed by atoms with Crippen LogP contribution in [0.25, 0.3) is 0 Å². The van der Waals surface area contributed by atoms with E-state index in [1.54, 1.807) is 6.08 Å². The highest BCUT2D eigenvalue weighted by Crippen LogP contribution is 2.33. The first kappa shape index (κ1) is 95.5. The van der Waals surface area contributed by atoms with Crippen LogP contribution in [0, 0.1) is 0 Å². The van der Waals surface area contributed by atoms with Crippen molar-refractivity contribution in [3.8, 4) is 0 Å². The Labute approximate surface area is 626 Å². The Morgan fingerprint density at radius 3 is 0.971 bits per heavy atom. The Morgan fingerprint density at radius 2 is 0.621 bits per heavy atom. The van der Waals surface area contributed by atoms with E-state index in [2.05, 4.69) is 31.3 Å². The molecule has 0 aromatic carbocycles. The number of nitrogens with one attached hydrogen (secondary N) is 1. The Hall–Kier alpha value is -1.73. The Bertz CT molecular complexity index is 1950. The second-order valence-corrected chi connectivity index (χ2v) is 31.0. The summed E-state index contributed by atoms with van der Waals surface area (Å²) in [7, 11) is 0. The quantitative estimate of drug-likeness (QED) is 0.0199. The molecule has 0 aromatic rings. The van der Waals surface area contributed by atoms with Gasteiger partial charge in [-0.3, -0.25) is 4.79 Å². The van der Waals surface area contributed by atoms with Gasteiger partial charge in [-0.1, -0.05) is 359 Å². The number of hydrogen-bond donors (Lipinski definition) is 12. The summed E-state index contributed by atoms with van der Waals surface area (Å²) in [5.74, 6) is -0.276. The highest BCUT2D eigenvalue weighted by atomic mass is 16.8. The van der Waals surface area contributed by atoms with E-state index in [4.69, 9.17) is 28.4 Å². The van der Waals surface area contributed by atoms with Crippen molar-refractivity contribution in [1.29, 1.82) is 0 Å². The van der Waals surface area contributed by atoms with Gasteiger partial charge < -0.3 is 89.9 Å². The number of amides is 1. The van der Waals surface area contributed by atoms with Crippen molar-refractivity contribution < 1.29 is 89.4 Å². The van der Waals surface area contributed by atoms with Gasteiger partial charge in [-0.2, -0.15) is 0 Å². The van der Waals surface area contributed by atoms with Crippen LogP contribution >= 0.6 is 0 Å². The normalized spacial score (nSPS) is 26.1. The van der Waals surface area contributed by atoms with Crippen LogP contribution in [-0.2, 0) is 33.2 Å². The third-order valence-corrected chi connectivity index (χ3v) is 21.8. The fraction of sp³-hybridized carbons (Fsp3) is 0.940. The van der Waals surface area contributed by atoms with Gasteiger partial charge in [0.05, 0.1) is 38.6 Å². The number of aliphatic hydroxyl groups is 11. The second kappa shape index (κ2) is 65.0. The van der Waals surface area contributed by atoms with Crippen molar-refractivity contribution in [2.75, 3.05) is 26.4 Å². The molecule has 0 saturated carbocycles. The Kier molecular flexibility index (Phi) is 60.3. The van der Waals surface area contributed by atoms with E-state index in [9.17, 15) is 61.0 Å². The molecular formula is C84H159NO18. The van der Waals surface area contributed by atoms with Gasteiger partial charge in [-0.15, -0.1) is 0 Å². The van der Waals surface area contributed by atoms with Crippen molar-refractivity contribution in [2.24, 2.45) is 0 Å². The van der Waals surface area contributed by atoms with Gasteiger partial charge in [0.1, 0.15) is 73.2 Å². The van der Waals surface area contributed by atoms with E-state index >= 15 is 0 Å². The van der Waals surface area contributed by atoms with Gasteiger partial charge in [0.15, 0.2) is 18.9 Å². The van der Waals surface area contributed by atoms with Gasteiger partial charge >= 0.3 is 0 Å². The minimum Gasteiger partial charge on any atom is -0.394 e. The number of ether oxygens (including phenoxy) is 6. The lowest BCUT2D eigenvalue weighted by molar-refractivity contribution is -0.379. The monoisotopic (exact) mass is 1470 g/mol. The average Bonchev–Trinajstić information content (AvgIpc) is 0.782. The summed E-state index contributed by atoms with van der Waals surface area (Å²) in [6.07, 6.45) is 53.3. The standard InChI is InChI=1S/C84H159NO18/c1-3-5-7-9-11-13-15-17-19-21-23-25-27-29-31-32-33-34-36-38-40-42-44-46-48-50-52-54-56-58-60-62-72(90)85-67(68(89)61-59-57-55-53-51-49-47-45-43-41-39-37-35-30-28-26-24-22-20-18-16-14-12-10-8-6-4-2)66-98-82-78(96)75(93)80(70(64-87)100-82)103-84-79(97)76(94)81(71(65-88)101-84)102-83-77(95)74(92)73(91)69(63-86)99-83/h51,53,59,61,67-71,73-84,86-89,91-97H,3-50,52,54-58,60,62-66H2,1-2H3,(H,85,90)/b53-51+,61-59+. The van der Waals surface area contributed by atoms with E-state index in [0.717, 1.165) is 38.5 Å². The van der Waals surface area contributed by atoms with Gasteiger partial charge in [0, 0.05) is 6.42 Å². The molecule has 3 saturated heterocycles. The van der Waals surface area contributed by atoms with Crippen LogP contribution in [0.3, 0.4) is 0 Å². The lowest BCUT2D eigenvalue weighted by Gasteiger charge is -2.48. The zero-order valence-corrected chi connectivity index (χ0v) is 65.3. The van der Waals surface area contributed by atoms with Crippen molar-refractivity contribution in [2.45, 2.75) is 478 Å². The Balaban J connectivity index is 1.36. The molecule has 17 unspecified atom stereocenters. The third-order valence-electron chi connectivity index (χ3n) is 21.8. The number of allylic oxidation sites excluding steroid dienone is 3. The van der Waals surface area contributed by atoms with Crippen LogP contribution in [0.1, 0.15) is 373 Å². The molecule has 0 aliphatic carbocycles. The van der Waals surface area contributed by atoms with Crippen LogP contribution in [0.15, 0.2) is 24.3 Å². The second-order valence-electron chi connectivity index (χ2n) is 31.0. The average molecular weight is 1470 g/mol. The first-order valence-corrected chi connectivity index (χ1v) is 43.1. The molecule has 103 heavy (non-hydrogen) atoms. The van der Waals surface area contributed by atoms with E-state index in [0.29, 0.717) is 12.8 Å². The first-order chi connectivity index (χ1) is 50.3. The maximum absolute atomic E-state index is 13.5. The first-order valence-electron chi connectivity index (χ1n) is 43.1. The van der Waals surface area contributed by atoms with Gasteiger partial charge in [-0.05, 0) is 32.1 Å². The van der Waals surface area contributed by atoms with Crippen LogP contribution in [0.5, 0.6) is 0 Å². The highest BCUT2D eigenvalue weighted by molar-refractivity contribution is 5.76. The molecule has 0 radical (unpaired) electrons. The van der Waals surface area contributed by atoms with Crippen LogP contribution in [-0.4, -0.2) is 193 Å². The number of carbonyl (C=O) groups excluding carboxylic acids is 1. The maximum atomic E-state index is 13.5. The van der Waals surface area contributed by atoms with E-state index in [1.807, 2.05) is 6.08 Å².